The zero-order valence-electron chi connectivity index (χ0n) is 7.23. The Balaban J connectivity index is 1.91. The fourth-order valence-corrected chi connectivity index (χ4v) is 1.55. The van der Waals surface area contributed by atoms with Gasteiger partial charge in [0.1, 0.15) is 0 Å². The van der Waals surface area contributed by atoms with Gasteiger partial charge in [-0.15, -0.1) is 11.3 Å². The second-order valence-corrected chi connectivity index (χ2v) is 3.54. The second-order valence-electron chi connectivity index (χ2n) is 2.64. The number of hydrogen-bond donors (Lipinski definition) is 2. The standard InChI is InChI=1S/C8H8N4OS/c13-7(5-6-1-2-10-12-6)11-8-9-3-4-14-8/h1-4H,5H2,(H,10,12)(H,9,11,13). The molecule has 0 bridgehead atoms. The number of carbonyl (C=O) groups is 1. The highest BCUT2D eigenvalue weighted by molar-refractivity contribution is 7.13. The van der Waals surface area contributed by atoms with E-state index in [0.717, 1.165) is 5.69 Å². The Morgan fingerprint density at radius 1 is 1.57 bits per heavy atom. The number of aromatic nitrogens is 3. The predicted molar refractivity (Wildman–Crippen MR) is 53.0 cm³/mol. The van der Waals surface area contributed by atoms with Crippen molar-refractivity contribution in [2.24, 2.45) is 0 Å². The van der Waals surface area contributed by atoms with Gasteiger partial charge in [-0.05, 0) is 6.07 Å². The van der Waals surface area contributed by atoms with Crippen LogP contribution in [-0.2, 0) is 11.2 Å². The van der Waals surface area contributed by atoms with Crippen molar-refractivity contribution in [1.82, 2.24) is 15.2 Å². The number of nitrogens with zero attached hydrogens (tertiary/aromatic N) is 2. The van der Waals surface area contributed by atoms with E-state index in [4.69, 9.17) is 0 Å². The zero-order valence-corrected chi connectivity index (χ0v) is 8.04. The van der Waals surface area contributed by atoms with Crippen LogP contribution in [0, 0.1) is 0 Å². The number of H-pyrrole nitrogens is 1. The summed E-state index contributed by atoms with van der Waals surface area (Å²) in [5, 5.41) is 11.6. The zero-order chi connectivity index (χ0) is 9.80. The Kier molecular flexibility index (Phi) is 2.55. The summed E-state index contributed by atoms with van der Waals surface area (Å²) in [6.07, 6.45) is 3.56. The van der Waals surface area contributed by atoms with Crippen LogP contribution in [0.5, 0.6) is 0 Å². The lowest BCUT2D eigenvalue weighted by molar-refractivity contribution is -0.115. The number of anilines is 1. The van der Waals surface area contributed by atoms with Crippen molar-refractivity contribution in [2.45, 2.75) is 6.42 Å². The number of rotatable bonds is 3. The molecular formula is C8H8N4OS. The van der Waals surface area contributed by atoms with E-state index in [0.29, 0.717) is 11.6 Å². The van der Waals surface area contributed by atoms with Gasteiger partial charge >= 0.3 is 0 Å². The van der Waals surface area contributed by atoms with E-state index in [1.807, 2.05) is 5.38 Å². The van der Waals surface area contributed by atoms with Crippen LogP contribution in [0.15, 0.2) is 23.8 Å². The van der Waals surface area contributed by atoms with E-state index in [1.54, 1.807) is 18.5 Å². The highest BCUT2D eigenvalue weighted by atomic mass is 32.1. The molecule has 0 unspecified atom stereocenters. The molecule has 0 aliphatic rings. The van der Waals surface area contributed by atoms with Gasteiger partial charge in [0, 0.05) is 23.5 Å². The van der Waals surface area contributed by atoms with Crippen molar-refractivity contribution in [2.75, 3.05) is 5.32 Å². The number of aromatic amines is 1. The van der Waals surface area contributed by atoms with Gasteiger partial charge in [-0.3, -0.25) is 9.89 Å². The molecule has 0 fully saturated rings. The van der Waals surface area contributed by atoms with Crippen molar-refractivity contribution in [3.63, 3.8) is 0 Å². The van der Waals surface area contributed by atoms with Gasteiger partial charge in [-0.2, -0.15) is 5.10 Å². The quantitative estimate of drug-likeness (QED) is 0.792. The molecule has 0 spiro atoms. The topological polar surface area (TPSA) is 70.7 Å². The number of carbonyl (C=O) groups excluding carboxylic acids is 1. The summed E-state index contributed by atoms with van der Waals surface area (Å²) < 4.78 is 0. The Bertz CT molecular complexity index is 357. The van der Waals surface area contributed by atoms with Crippen molar-refractivity contribution >= 4 is 22.4 Å². The van der Waals surface area contributed by atoms with Gasteiger partial charge in [0.2, 0.25) is 5.91 Å². The summed E-state index contributed by atoms with van der Waals surface area (Å²) in [7, 11) is 0. The molecule has 2 heterocycles. The third kappa shape index (κ3) is 2.17. The summed E-state index contributed by atoms with van der Waals surface area (Å²) >= 11 is 1.39. The summed E-state index contributed by atoms with van der Waals surface area (Å²) in [6.45, 7) is 0. The fraction of sp³-hybridized carbons (Fsp3) is 0.125. The summed E-state index contributed by atoms with van der Waals surface area (Å²) in [6, 6.07) is 1.77. The van der Waals surface area contributed by atoms with Gasteiger partial charge < -0.3 is 5.32 Å². The van der Waals surface area contributed by atoms with E-state index in [1.165, 1.54) is 11.3 Å². The van der Waals surface area contributed by atoms with Crippen molar-refractivity contribution in [1.29, 1.82) is 0 Å². The molecule has 2 aromatic rings. The normalized spacial score (nSPS) is 10.0. The average molecular weight is 208 g/mol. The first kappa shape index (κ1) is 8.89. The lowest BCUT2D eigenvalue weighted by atomic mass is 10.3. The maximum absolute atomic E-state index is 11.4. The van der Waals surface area contributed by atoms with Gasteiger partial charge in [-0.25, -0.2) is 4.98 Å². The molecule has 0 saturated heterocycles. The van der Waals surface area contributed by atoms with Gasteiger partial charge in [0.05, 0.1) is 6.42 Å². The number of hydrogen-bond acceptors (Lipinski definition) is 4. The first-order valence-electron chi connectivity index (χ1n) is 4.02. The minimum Gasteiger partial charge on any atom is -0.302 e. The Morgan fingerprint density at radius 3 is 3.14 bits per heavy atom. The maximum Gasteiger partial charge on any atom is 0.232 e. The van der Waals surface area contributed by atoms with Crippen molar-refractivity contribution < 1.29 is 4.79 Å². The number of thiazole rings is 1. The molecule has 1 amide bonds. The molecule has 0 radical (unpaired) electrons. The van der Waals surface area contributed by atoms with E-state index in [2.05, 4.69) is 20.5 Å². The minimum absolute atomic E-state index is 0.0933. The van der Waals surface area contributed by atoms with E-state index < -0.39 is 0 Å². The fourth-order valence-electron chi connectivity index (χ4n) is 1.00. The largest absolute Gasteiger partial charge is 0.302 e. The van der Waals surface area contributed by atoms with Crippen LogP contribution in [0.25, 0.3) is 0 Å². The van der Waals surface area contributed by atoms with E-state index in [9.17, 15) is 4.79 Å². The van der Waals surface area contributed by atoms with Crippen LogP contribution in [-0.4, -0.2) is 21.1 Å². The van der Waals surface area contributed by atoms with Gasteiger partial charge in [-0.1, -0.05) is 0 Å². The SMILES string of the molecule is O=C(Cc1ccn[nH]1)Nc1nccs1. The monoisotopic (exact) mass is 208 g/mol. The first-order chi connectivity index (χ1) is 6.84. The molecule has 2 aromatic heterocycles. The van der Waals surface area contributed by atoms with Crippen LogP contribution < -0.4 is 5.32 Å². The van der Waals surface area contributed by atoms with Crippen LogP contribution >= 0.6 is 11.3 Å². The van der Waals surface area contributed by atoms with Crippen LogP contribution in [0.1, 0.15) is 5.69 Å². The molecule has 2 rings (SSSR count). The predicted octanol–water partition coefficient (Wildman–Crippen LogP) is 1.05. The van der Waals surface area contributed by atoms with Gasteiger partial charge in [0.15, 0.2) is 5.13 Å². The lowest BCUT2D eigenvalue weighted by Crippen LogP contribution is -2.14. The lowest BCUT2D eigenvalue weighted by Gasteiger charge is -1.98. The molecular weight excluding hydrogens is 200 g/mol. The molecule has 0 aliphatic carbocycles. The van der Waals surface area contributed by atoms with Gasteiger partial charge in [0.25, 0.3) is 0 Å². The van der Waals surface area contributed by atoms with Crippen molar-refractivity contribution in [3.8, 4) is 0 Å². The third-order valence-corrected chi connectivity index (χ3v) is 2.28. The number of nitrogens with one attached hydrogen (secondary N) is 2. The first-order valence-corrected chi connectivity index (χ1v) is 4.90. The molecule has 0 aromatic carbocycles. The van der Waals surface area contributed by atoms with Crippen LogP contribution in [0.4, 0.5) is 5.13 Å². The summed E-state index contributed by atoms with van der Waals surface area (Å²) in [4.78, 5) is 15.3. The Hall–Kier alpha value is -1.69. The number of amides is 1. The summed E-state index contributed by atoms with van der Waals surface area (Å²) in [5.74, 6) is -0.0933. The highest BCUT2D eigenvalue weighted by Crippen LogP contribution is 2.10. The highest BCUT2D eigenvalue weighted by Gasteiger charge is 2.05. The third-order valence-electron chi connectivity index (χ3n) is 1.59. The smallest absolute Gasteiger partial charge is 0.232 e. The molecule has 14 heavy (non-hydrogen) atoms. The average Bonchev–Trinajstić information content (AvgIpc) is 2.76. The molecule has 6 heteroatoms. The summed E-state index contributed by atoms with van der Waals surface area (Å²) in [5.41, 5.74) is 0.791. The molecule has 2 N–H and O–H groups in total. The van der Waals surface area contributed by atoms with Crippen LogP contribution in [0.2, 0.25) is 0 Å². The molecule has 0 atom stereocenters. The van der Waals surface area contributed by atoms with Crippen LogP contribution in [0.3, 0.4) is 0 Å². The minimum atomic E-state index is -0.0933. The molecule has 72 valence electrons. The van der Waals surface area contributed by atoms with E-state index >= 15 is 0 Å². The molecule has 5 nitrogen and oxygen atoms in total. The van der Waals surface area contributed by atoms with E-state index in [-0.39, 0.29) is 5.91 Å². The van der Waals surface area contributed by atoms with Crippen molar-refractivity contribution in [3.05, 3.63) is 29.5 Å². The maximum atomic E-state index is 11.4. The molecule has 0 aliphatic heterocycles. The Morgan fingerprint density at radius 2 is 2.50 bits per heavy atom. The Labute approximate surface area is 84.2 Å². The second kappa shape index (κ2) is 4.01. The molecule has 0 saturated carbocycles.